The predicted octanol–water partition coefficient (Wildman–Crippen LogP) is 6.08. The second-order valence-corrected chi connectivity index (χ2v) is 9.70. The van der Waals surface area contributed by atoms with Crippen molar-refractivity contribution in [3.8, 4) is 0 Å². The second-order valence-electron chi connectivity index (χ2n) is 9.70. The number of piperidine rings is 1. The van der Waals surface area contributed by atoms with E-state index in [1.165, 1.54) is 24.8 Å². The molecule has 0 spiro atoms. The number of fused-ring (bicyclic) bond motifs is 2. The minimum atomic E-state index is -0.232. The number of carbonyl (C=O) groups excluding carboxylic acids is 1. The van der Waals surface area contributed by atoms with Crippen LogP contribution in [-0.2, 0) is 10.2 Å². The molecule has 4 rings (SSSR count). The van der Waals surface area contributed by atoms with Gasteiger partial charge >= 0.3 is 0 Å². The Morgan fingerprint density at radius 2 is 1.63 bits per heavy atom. The summed E-state index contributed by atoms with van der Waals surface area (Å²) in [5.41, 5.74) is 1.41. The van der Waals surface area contributed by atoms with Gasteiger partial charge in [0, 0.05) is 11.5 Å². The van der Waals surface area contributed by atoms with E-state index in [9.17, 15) is 4.79 Å². The van der Waals surface area contributed by atoms with E-state index in [4.69, 9.17) is 0 Å². The van der Waals surface area contributed by atoms with E-state index < -0.39 is 0 Å². The van der Waals surface area contributed by atoms with Gasteiger partial charge in [0.05, 0.1) is 0 Å². The van der Waals surface area contributed by atoms with Crippen LogP contribution in [0.2, 0.25) is 0 Å². The van der Waals surface area contributed by atoms with Crippen LogP contribution in [-0.4, -0.2) is 25.0 Å². The third-order valence-corrected chi connectivity index (χ3v) is 7.23. The van der Waals surface area contributed by atoms with Gasteiger partial charge in [-0.25, -0.2) is 0 Å². The Bertz CT molecular complexity index is 636. The van der Waals surface area contributed by atoms with Crippen molar-refractivity contribution in [2.75, 3.05) is 13.1 Å². The molecule has 3 fully saturated rings. The Balaban J connectivity index is 0.000000757. The number of nitrogens with one attached hydrogen (secondary N) is 2. The molecule has 170 valence electrons. The van der Waals surface area contributed by atoms with E-state index in [0.29, 0.717) is 17.9 Å². The van der Waals surface area contributed by atoms with Crippen LogP contribution in [0, 0.1) is 17.3 Å². The number of amides is 1. The van der Waals surface area contributed by atoms with Crippen molar-refractivity contribution < 1.29 is 4.79 Å². The standard InChI is InChI=1S/C23H34N2O.2C2H6/c1-17-12-18-14-22(2,21(26)25-20-8-10-24-11-9-20)16-23(13-17,15-18)19-6-4-3-5-7-19;2*1-2/h3-7,17-18,20,24H,8-16H2,1-2H3,(H,25,26);2*1-2H3. The lowest BCUT2D eigenvalue weighted by Crippen LogP contribution is -2.54. The van der Waals surface area contributed by atoms with Crippen LogP contribution in [0.25, 0.3) is 0 Å². The molecule has 2 N–H and O–H groups in total. The summed E-state index contributed by atoms with van der Waals surface area (Å²) in [6, 6.07) is 11.4. The van der Waals surface area contributed by atoms with Gasteiger partial charge < -0.3 is 10.6 Å². The Labute approximate surface area is 185 Å². The van der Waals surface area contributed by atoms with Crippen LogP contribution in [0.3, 0.4) is 0 Å². The molecule has 2 bridgehead atoms. The van der Waals surface area contributed by atoms with Crippen LogP contribution < -0.4 is 10.6 Å². The molecule has 4 atom stereocenters. The van der Waals surface area contributed by atoms with Crippen molar-refractivity contribution in [1.29, 1.82) is 0 Å². The molecule has 2 saturated carbocycles. The first-order valence-corrected chi connectivity index (χ1v) is 12.6. The van der Waals surface area contributed by atoms with Gasteiger partial charge in [-0.05, 0) is 80.8 Å². The third kappa shape index (κ3) is 5.66. The highest BCUT2D eigenvalue weighted by Crippen LogP contribution is 2.58. The zero-order valence-corrected chi connectivity index (χ0v) is 20.4. The summed E-state index contributed by atoms with van der Waals surface area (Å²) in [6.45, 7) is 14.7. The summed E-state index contributed by atoms with van der Waals surface area (Å²) in [4.78, 5) is 13.3. The molecule has 30 heavy (non-hydrogen) atoms. The zero-order chi connectivity index (χ0) is 22.2. The van der Waals surface area contributed by atoms with E-state index in [1.807, 2.05) is 27.7 Å². The van der Waals surface area contributed by atoms with Crippen molar-refractivity contribution >= 4 is 5.91 Å². The SMILES string of the molecule is CC.CC.CC1CC2CC(C)(C(=O)NC3CCNCC3)CC(c3ccccc3)(C1)C2. The molecule has 3 aliphatic rings. The minimum absolute atomic E-state index is 0.183. The van der Waals surface area contributed by atoms with Gasteiger partial charge in [-0.2, -0.15) is 0 Å². The molecule has 1 saturated heterocycles. The largest absolute Gasteiger partial charge is 0.353 e. The average Bonchev–Trinajstić information content (AvgIpc) is 2.77. The van der Waals surface area contributed by atoms with Gasteiger partial charge in [0.25, 0.3) is 0 Å². The minimum Gasteiger partial charge on any atom is -0.353 e. The van der Waals surface area contributed by atoms with Gasteiger partial charge in [-0.1, -0.05) is 71.9 Å². The number of hydrogen-bond donors (Lipinski definition) is 2. The highest BCUT2D eigenvalue weighted by Gasteiger charge is 2.53. The van der Waals surface area contributed by atoms with Crippen molar-refractivity contribution in [2.45, 2.75) is 97.9 Å². The summed E-state index contributed by atoms with van der Waals surface area (Å²) < 4.78 is 0. The molecule has 3 nitrogen and oxygen atoms in total. The number of benzene rings is 1. The molecule has 3 heteroatoms. The Hall–Kier alpha value is -1.35. The molecule has 1 heterocycles. The summed E-state index contributed by atoms with van der Waals surface area (Å²) in [6.07, 6.45) is 7.95. The summed E-state index contributed by atoms with van der Waals surface area (Å²) in [7, 11) is 0. The number of rotatable bonds is 3. The second kappa shape index (κ2) is 11.3. The van der Waals surface area contributed by atoms with Gasteiger partial charge in [0.15, 0.2) is 0 Å². The molecule has 0 radical (unpaired) electrons. The maximum atomic E-state index is 13.3. The predicted molar refractivity (Wildman–Crippen MR) is 129 cm³/mol. The lowest BCUT2D eigenvalue weighted by molar-refractivity contribution is -0.137. The van der Waals surface area contributed by atoms with Gasteiger partial charge in [-0.15, -0.1) is 0 Å². The maximum absolute atomic E-state index is 13.3. The van der Waals surface area contributed by atoms with Crippen LogP contribution in [0.15, 0.2) is 30.3 Å². The molecule has 4 unspecified atom stereocenters. The van der Waals surface area contributed by atoms with Crippen LogP contribution >= 0.6 is 0 Å². The fourth-order valence-corrected chi connectivity index (χ4v) is 6.42. The molecule has 1 aliphatic heterocycles. The van der Waals surface area contributed by atoms with Crippen LogP contribution in [0.5, 0.6) is 0 Å². The first kappa shape index (κ1) is 24.9. The van der Waals surface area contributed by atoms with Gasteiger partial charge in [0.1, 0.15) is 0 Å². The number of carbonyl (C=O) groups is 1. The normalized spacial score (nSPS) is 33.3. The summed E-state index contributed by atoms with van der Waals surface area (Å²) in [5, 5.41) is 6.81. The fraction of sp³-hybridized carbons (Fsp3) is 0.741. The zero-order valence-electron chi connectivity index (χ0n) is 20.4. The van der Waals surface area contributed by atoms with Crippen LogP contribution in [0.4, 0.5) is 0 Å². The fourth-order valence-electron chi connectivity index (χ4n) is 6.42. The topological polar surface area (TPSA) is 41.1 Å². The third-order valence-electron chi connectivity index (χ3n) is 7.23. The van der Waals surface area contributed by atoms with E-state index in [1.54, 1.807) is 0 Å². The lowest BCUT2D eigenvalue weighted by Gasteiger charge is -2.54. The quantitative estimate of drug-likeness (QED) is 0.629. The molecular formula is C27H46N2O. The van der Waals surface area contributed by atoms with Crippen molar-refractivity contribution in [3.05, 3.63) is 35.9 Å². The van der Waals surface area contributed by atoms with Crippen LogP contribution in [0.1, 0.15) is 92.1 Å². The monoisotopic (exact) mass is 414 g/mol. The Kier molecular flexibility index (Phi) is 9.40. The average molecular weight is 415 g/mol. The summed E-state index contributed by atoms with van der Waals surface area (Å²) in [5.74, 6) is 1.74. The van der Waals surface area contributed by atoms with Crippen molar-refractivity contribution in [1.82, 2.24) is 10.6 Å². The van der Waals surface area contributed by atoms with E-state index in [2.05, 4.69) is 54.8 Å². The molecule has 1 aromatic rings. The molecule has 1 amide bonds. The Morgan fingerprint density at radius 3 is 2.27 bits per heavy atom. The Morgan fingerprint density at radius 1 is 1.00 bits per heavy atom. The van der Waals surface area contributed by atoms with Gasteiger partial charge in [0.2, 0.25) is 5.91 Å². The van der Waals surface area contributed by atoms with E-state index in [-0.39, 0.29) is 10.8 Å². The van der Waals surface area contributed by atoms with Crippen molar-refractivity contribution in [2.24, 2.45) is 17.3 Å². The van der Waals surface area contributed by atoms with Gasteiger partial charge in [-0.3, -0.25) is 4.79 Å². The first-order chi connectivity index (χ1) is 14.5. The first-order valence-electron chi connectivity index (χ1n) is 12.6. The lowest BCUT2D eigenvalue weighted by atomic mass is 9.50. The smallest absolute Gasteiger partial charge is 0.226 e. The molecule has 0 aromatic heterocycles. The molecule has 1 aromatic carbocycles. The van der Waals surface area contributed by atoms with Crippen molar-refractivity contribution in [3.63, 3.8) is 0 Å². The highest BCUT2D eigenvalue weighted by molar-refractivity contribution is 5.83. The molecule has 2 aliphatic carbocycles. The number of hydrogen-bond acceptors (Lipinski definition) is 2. The highest BCUT2D eigenvalue weighted by atomic mass is 16.2. The van der Waals surface area contributed by atoms with E-state index in [0.717, 1.165) is 44.7 Å². The summed E-state index contributed by atoms with van der Waals surface area (Å²) >= 11 is 0. The molecular weight excluding hydrogens is 368 g/mol. The maximum Gasteiger partial charge on any atom is 0.226 e. The van der Waals surface area contributed by atoms with E-state index >= 15 is 0 Å².